The highest BCUT2D eigenvalue weighted by atomic mass is 16.7. The van der Waals surface area contributed by atoms with E-state index in [1.54, 1.807) is 18.7 Å². The predicted molar refractivity (Wildman–Crippen MR) is 76.7 cm³/mol. The van der Waals surface area contributed by atoms with E-state index in [0.29, 0.717) is 13.2 Å². The number of imidazole rings is 1. The van der Waals surface area contributed by atoms with E-state index in [4.69, 9.17) is 9.47 Å². The van der Waals surface area contributed by atoms with Crippen LogP contribution < -0.4 is 5.32 Å². The first-order chi connectivity index (χ1) is 10.8. The maximum absolute atomic E-state index is 10.8. The van der Waals surface area contributed by atoms with Gasteiger partial charge in [-0.1, -0.05) is 6.07 Å². The second-order valence-electron chi connectivity index (χ2n) is 5.64. The Bertz CT molecular complexity index is 607. The van der Waals surface area contributed by atoms with E-state index < -0.39 is 12.4 Å². The molecule has 2 aliphatic heterocycles. The standard InChI is InChI=1S/C15H18N4O3/c20-14-12(18-7-10-2-1-3-16-6-10)11-8-21-15(22-11)13(14)19-5-4-17-9-19/h1-6,9,11-15,18,20H,7-8H2. The number of aliphatic hydroxyl groups excluding tert-OH is 1. The molecule has 5 atom stereocenters. The Labute approximate surface area is 127 Å². The molecule has 4 rings (SSSR count). The Morgan fingerprint density at radius 3 is 3.09 bits per heavy atom. The van der Waals surface area contributed by atoms with Crippen molar-refractivity contribution in [3.63, 3.8) is 0 Å². The van der Waals surface area contributed by atoms with Crippen LogP contribution in [0.4, 0.5) is 0 Å². The van der Waals surface area contributed by atoms with Crippen LogP contribution in [0.5, 0.6) is 0 Å². The molecule has 7 heteroatoms. The van der Waals surface area contributed by atoms with Crippen molar-refractivity contribution in [1.29, 1.82) is 0 Å². The van der Waals surface area contributed by atoms with Crippen LogP contribution >= 0.6 is 0 Å². The summed E-state index contributed by atoms with van der Waals surface area (Å²) in [4.78, 5) is 8.14. The molecule has 2 aromatic rings. The third-order valence-corrected chi connectivity index (χ3v) is 4.26. The third kappa shape index (κ3) is 2.42. The smallest absolute Gasteiger partial charge is 0.181 e. The molecule has 2 aromatic heterocycles. The Kier molecular flexibility index (Phi) is 3.63. The zero-order valence-corrected chi connectivity index (χ0v) is 11.9. The first-order valence-electron chi connectivity index (χ1n) is 7.38. The topological polar surface area (TPSA) is 81.4 Å². The normalized spacial score (nSPS) is 34.0. The second-order valence-corrected chi connectivity index (χ2v) is 5.64. The van der Waals surface area contributed by atoms with Gasteiger partial charge in [0, 0.05) is 31.3 Å². The van der Waals surface area contributed by atoms with Crippen LogP contribution in [0.1, 0.15) is 11.6 Å². The van der Waals surface area contributed by atoms with E-state index in [2.05, 4.69) is 15.3 Å². The van der Waals surface area contributed by atoms with Crippen molar-refractivity contribution < 1.29 is 14.6 Å². The van der Waals surface area contributed by atoms with Gasteiger partial charge in [-0.05, 0) is 11.6 Å². The average Bonchev–Trinajstić information content (AvgIpc) is 3.20. The summed E-state index contributed by atoms with van der Waals surface area (Å²) in [7, 11) is 0. The molecule has 2 bridgehead atoms. The minimum Gasteiger partial charge on any atom is -0.389 e. The van der Waals surface area contributed by atoms with Gasteiger partial charge in [0.1, 0.15) is 12.1 Å². The van der Waals surface area contributed by atoms with E-state index in [-0.39, 0.29) is 18.2 Å². The largest absolute Gasteiger partial charge is 0.389 e. The number of fused-ring (bicyclic) bond motifs is 2. The number of aromatic nitrogens is 3. The van der Waals surface area contributed by atoms with Gasteiger partial charge in [-0.25, -0.2) is 4.98 Å². The maximum Gasteiger partial charge on any atom is 0.181 e. The fourth-order valence-electron chi connectivity index (χ4n) is 3.15. The average molecular weight is 302 g/mol. The highest BCUT2D eigenvalue weighted by Crippen LogP contribution is 2.35. The van der Waals surface area contributed by atoms with Crippen molar-refractivity contribution >= 4 is 0 Å². The molecule has 7 nitrogen and oxygen atoms in total. The lowest BCUT2D eigenvalue weighted by molar-refractivity contribution is -0.165. The van der Waals surface area contributed by atoms with Gasteiger partial charge in [0.05, 0.1) is 25.1 Å². The molecule has 0 saturated carbocycles. The molecular formula is C15H18N4O3. The summed E-state index contributed by atoms with van der Waals surface area (Å²) in [6.07, 6.45) is 7.55. The van der Waals surface area contributed by atoms with E-state index in [1.807, 2.05) is 29.1 Å². The molecule has 0 aliphatic carbocycles. The molecule has 2 N–H and O–H groups in total. The van der Waals surface area contributed by atoms with Crippen molar-refractivity contribution in [2.45, 2.75) is 37.1 Å². The summed E-state index contributed by atoms with van der Waals surface area (Å²) < 4.78 is 13.4. The van der Waals surface area contributed by atoms with Crippen LogP contribution in [0.2, 0.25) is 0 Å². The Morgan fingerprint density at radius 1 is 1.36 bits per heavy atom. The van der Waals surface area contributed by atoms with Crippen LogP contribution in [0.3, 0.4) is 0 Å². The van der Waals surface area contributed by atoms with Gasteiger partial charge in [-0.2, -0.15) is 0 Å². The lowest BCUT2D eigenvalue weighted by Crippen LogP contribution is -2.57. The monoisotopic (exact) mass is 302 g/mol. The molecule has 116 valence electrons. The summed E-state index contributed by atoms with van der Waals surface area (Å²) in [6.45, 7) is 1.11. The molecule has 2 saturated heterocycles. The molecule has 2 aliphatic rings. The Hall–Kier alpha value is -1.80. The van der Waals surface area contributed by atoms with Crippen LogP contribution in [-0.4, -0.2) is 50.8 Å². The molecular weight excluding hydrogens is 284 g/mol. The number of pyridine rings is 1. The number of nitrogens with zero attached hydrogens (tertiary/aromatic N) is 3. The molecule has 0 spiro atoms. The molecule has 22 heavy (non-hydrogen) atoms. The fourth-order valence-corrected chi connectivity index (χ4v) is 3.15. The maximum atomic E-state index is 10.8. The lowest BCUT2D eigenvalue weighted by atomic mass is 9.95. The van der Waals surface area contributed by atoms with Crippen molar-refractivity contribution in [1.82, 2.24) is 19.9 Å². The van der Waals surface area contributed by atoms with Gasteiger partial charge in [0.15, 0.2) is 6.29 Å². The summed E-state index contributed by atoms with van der Waals surface area (Å²) >= 11 is 0. The number of ether oxygens (including phenoxy) is 2. The molecule has 5 unspecified atom stereocenters. The molecule has 4 heterocycles. The highest BCUT2D eigenvalue weighted by molar-refractivity contribution is 5.09. The van der Waals surface area contributed by atoms with Crippen molar-refractivity contribution in [3.05, 3.63) is 48.8 Å². The van der Waals surface area contributed by atoms with Gasteiger partial charge in [0.2, 0.25) is 0 Å². The zero-order chi connectivity index (χ0) is 14.9. The summed E-state index contributed by atoms with van der Waals surface area (Å²) in [5.41, 5.74) is 1.06. The van der Waals surface area contributed by atoms with Crippen molar-refractivity contribution in [2.75, 3.05) is 6.61 Å². The number of hydrogen-bond acceptors (Lipinski definition) is 6. The van der Waals surface area contributed by atoms with Gasteiger partial charge < -0.3 is 24.5 Å². The van der Waals surface area contributed by atoms with Crippen LogP contribution in [0.15, 0.2) is 43.2 Å². The van der Waals surface area contributed by atoms with Gasteiger partial charge in [-0.3, -0.25) is 4.98 Å². The molecule has 0 aromatic carbocycles. The number of rotatable bonds is 4. The van der Waals surface area contributed by atoms with Crippen LogP contribution in [-0.2, 0) is 16.0 Å². The van der Waals surface area contributed by atoms with Crippen molar-refractivity contribution in [2.24, 2.45) is 0 Å². The first kappa shape index (κ1) is 13.8. The lowest BCUT2D eigenvalue weighted by Gasteiger charge is -2.39. The number of hydrogen-bond donors (Lipinski definition) is 2. The number of nitrogens with one attached hydrogen (secondary N) is 1. The SMILES string of the molecule is OC1C(NCc2cccnc2)C2COC(O2)C1n1ccnc1. The number of aliphatic hydroxyl groups is 1. The van der Waals surface area contributed by atoms with Crippen molar-refractivity contribution in [3.8, 4) is 0 Å². The first-order valence-corrected chi connectivity index (χ1v) is 7.38. The fraction of sp³-hybridized carbons (Fsp3) is 0.467. The third-order valence-electron chi connectivity index (χ3n) is 4.26. The predicted octanol–water partition coefficient (Wildman–Crippen LogP) is 0.0936. The van der Waals surface area contributed by atoms with Gasteiger partial charge >= 0.3 is 0 Å². The minimum absolute atomic E-state index is 0.142. The minimum atomic E-state index is -0.614. The van der Waals surface area contributed by atoms with E-state index in [1.165, 1.54) is 0 Å². The quantitative estimate of drug-likeness (QED) is 0.833. The summed E-state index contributed by atoms with van der Waals surface area (Å²) in [5.74, 6) is 0. The molecule has 2 fully saturated rings. The Morgan fingerprint density at radius 2 is 2.32 bits per heavy atom. The van der Waals surface area contributed by atoms with Gasteiger partial charge in [0.25, 0.3) is 0 Å². The zero-order valence-electron chi connectivity index (χ0n) is 11.9. The summed E-state index contributed by atoms with van der Waals surface area (Å²) in [5, 5.41) is 14.2. The second kappa shape index (κ2) is 5.77. The molecule has 0 radical (unpaired) electrons. The summed E-state index contributed by atoms with van der Waals surface area (Å²) in [6, 6.07) is 3.39. The van der Waals surface area contributed by atoms with E-state index >= 15 is 0 Å². The van der Waals surface area contributed by atoms with Crippen LogP contribution in [0, 0.1) is 0 Å². The highest BCUT2D eigenvalue weighted by Gasteiger charge is 2.50. The van der Waals surface area contributed by atoms with Crippen LogP contribution in [0.25, 0.3) is 0 Å². The molecule has 0 amide bonds. The van der Waals surface area contributed by atoms with E-state index in [0.717, 1.165) is 5.56 Å². The van der Waals surface area contributed by atoms with E-state index in [9.17, 15) is 5.11 Å². The van der Waals surface area contributed by atoms with Gasteiger partial charge in [-0.15, -0.1) is 0 Å². The Balaban J connectivity index is 1.51.